The monoisotopic (exact) mass is 229 g/mol. The van der Waals surface area contributed by atoms with Crippen molar-refractivity contribution in [2.45, 2.75) is 27.3 Å². The van der Waals surface area contributed by atoms with Crippen LogP contribution in [0.3, 0.4) is 0 Å². The van der Waals surface area contributed by atoms with E-state index in [0.717, 1.165) is 30.5 Å². The first kappa shape index (κ1) is 12.2. The number of anilines is 1. The van der Waals surface area contributed by atoms with E-state index in [1.54, 1.807) is 0 Å². The summed E-state index contributed by atoms with van der Waals surface area (Å²) in [6, 6.07) is 0. The summed E-state index contributed by atoms with van der Waals surface area (Å²) in [5.41, 5.74) is 0.994. The molecule has 0 amide bonds. The van der Waals surface area contributed by atoms with Crippen molar-refractivity contribution >= 4 is 16.7 Å². The maximum atomic E-state index is 11.3. The van der Waals surface area contributed by atoms with Crippen molar-refractivity contribution in [3.63, 3.8) is 0 Å². The highest BCUT2D eigenvalue weighted by Crippen LogP contribution is 2.08. The van der Waals surface area contributed by atoms with Crippen molar-refractivity contribution in [1.29, 1.82) is 0 Å². The van der Waals surface area contributed by atoms with Crippen LogP contribution in [0.4, 0.5) is 5.95 Å². The average Bonchev–Trinajstić information content (AvgIpc) is 2.56. The van der Waals surface area contributed by atoms with E-state index in [1.807, 2.05) is 31.5 Å². The van der Waals surface area contributed by atoms with Gasteiger partial charge in [-0.3, -0.25) is 4.21 Å². The Kier molecular flexibility index (Phi) is 4.81. The molecule has 0 aliphatic heterocycles. The van der Waals surface area contributed by atoms with Gasteiger partial charge in [-0.15, -0.1) is 0 Å². The molecule has 0 aliphatic carbocycles. The van der Waals surface area contributed by atoms with Gasteiger partial charge in [-0.2, -0.15) is 0 Å². The van der Waals surface area contributed by atoms with E-state index in [1.165, 1.54) is 0 Å². The second-order valence-corrected chi connectivity index (χ2v) is 5.23. The summed E-state index contributed by atoms with van der Waals surface area (Å²) in [4.78, 5) is 4.36. The zero-order valence-electron chi connectivity index (χ0n) is 9.62. The molecule has 0 aromatic carbocycles. The Morgan fingerprint density at radius 2 is 2.27 bits per heavy atom. The van der Waals surface area contributed by atoms with Gasteiger partial charge in [-0.1, -0.05) is 6.92 Å². The predicted molar refractivity (Wildman–Crippen MR) is 64.7 cm³/mol. The third-order valence-corrected chi connectivity index (χ3v) is 3.40. The lowest BCUT2D eigenvalue weighted by Crippen LogP contribution is -2.12. The second kappa shape index (κ2) is 5.90. The Morgan fingerprint density at radius 1 is 1.53 bits per heavy atom. The average molecular weight is 229 g/mol. The molecule has 1 heterocycles. The molecular formula is C10H19N3OS. The van der Waals surface area contributed by atoms with E-state index in [-0.39, 0.29) is 0 Å². The van der Waals surface area contributed by atoms with E-state index < -0.39 is 10.8 Å². The van der Waals surface area contributed by atoms with Crippen LogP contribution in [0.15, 0.2) is 6.20 Å². The lowest BCUT2D eigenvalue weighted by Gasteiger charge is -2.07. The Morgan fingerprint density at radius 3 is 2.87 bits per heavy atom. The summed E-state index contributed by atoms with van der Waals surface area (Å²) < 4.78 is 13.4. The van der Waals surface area contributed by atoms with Crippen molar-refractivity contribution < 1.29 is 4.21 Å². The van der Waals surface area contributed by atoms with Crippen LogP contribution in [0.1, 0.15) is 19.5 Å². The summed E-state index contributed by atoms with van der Waals surface area (Å²) in [6.07, 6.45) is 1.99. The van der Waals surface area contributed by atoms with E-state index in [9.17, 15) is 4.21 Å². The zero-order valence-corrected chi connectivity index (χ0v) is 10.4. The minimum atomic E-state index is -0.707. The molecular weight excluding hydrogens is 210 g/mol. The van der Waals surface area contributed by atoms with Gasteiger partial charge in [0.1, 0.15) is 0 Å². The molecule has 1 aromatic rings. The molecule has 0 saturated carbocycles. The molecule has 1 rings (SSSR count). The number of hydrogen-bond acceptors (Lipinski definition) is 3. The molecule has 0 fully saturated rings. The maximum Gasteiger partial charge on any atom is 0.203 e. The first-order valence-electron chi connectivity index (χ1n) is 5.30. The maximum absolute atomic E-state index is 11.3. The molecule has 4 nitrogen and oxygen atoms in total. The fourth-order valence-corrected chi connectivity index (χ4v) is 2.05. The van der Waals surface area contributed by atoms with Crippen LogP contribution in [0.25, 0.3) is 0 Å². The number of imidazole rings is 1. The van der Waals surface area contributed by atoms with Gasteiger partial charge in [0.05, 0.1) is 5.69 Å². The van der Waals surface area contributed by atoms with Crippen LogP contribution in [0.5, 0.6) is 0 Å². The van der Waals surface area contributed by atoms with Gasteiger partial charge < -0.3 is 9.88 Å². The highest BCUT2D eigenvalue weighted by atomic mass is 32.2. The highest BCUT2D eigenvalue weighted by Gasteiger charge is 2.05. The molecule has 15 heavy (non-hydrogen) atoms. The minimum absolute atomic E-state index is 0.699. The van der Waals surface area contributed by atoms with Crippen molar-refractivity contribution in [3.8, 4) is 0 Å². The molecule has 1 N–H and O–H groups in total. The second-order valence-electron chi connectivity index (χ2n) is 3.36. The SMILES string of the molecule is CCNc1nc(C)cn1CCS(=O)CC. The first-order chi connectivity index (χ1) is 7.17. The smallest absolute Gasteiger partial charge is 0.203 e. The highest BCUT2D eigenvalue weighted by molar-refractivity contribution is 7.84. The molecule has 0 saturated heterocycles. The van der Waals surface area contributed by atoms with Crippen LogP contribution in [-0.4, -0.2) is 31.8 Å². The van der Waals surface area contributed by atoms with Crippen molar-refractivity contribution in [2.75, 3.05) is 23.4 Å². The lowest BCUT2D eigenvalue weighted by molar-refractivity contribution is 0.674. The standard InChI is InChI=1S/C10H19N3OS/c1-4-11-10-12-9(3)8-13(10)6-7-15(14)5-2/h8H,4-7H2,1-3H3,(H,11,12). The van der Waals surface area contributed by atoms with Crippen LogP contribution < -0.4 is 5.32 Å². The molecule has 1 unspecified atom stereocenters. The summed E-state index contributed by atoms with van der Waals surface area (Å²) in [7, 11) is -0.707. The van der Waals surface area contributed by atoms with Gasteiger partial charge in [0.2, 0.25) is 5.95 Å². The number of nitrogens with zero attached hydrogens (tertiary/aromatic N) is 2. The van der Waals surface area contributed by atoms with Crippen LogP contribution in [0.2, 0.25) is 0 Å². The molecule has 1 atom stereocenters. The molecule has 0 aliphatic rings. The van der Waals surface area contributed by atoms with E-state index in [2.05, 4.69) is 10.3 Å². The third kappa shape index (κ3) is 3.66. The van der Waals surface area contributed by atoms with Gasteiger partial charge in [0.25, 0.3) is 0 Å². The van der Waals surface area contributed by atoms with Crippen LogP contribution in [-0.2, 0) is 17.3 Å². The van der Waals surface area contributed by atoms with Gasteiger partial charge in [0.15, 0.2) is 0 Å². The van der Waals surface area contributed by atoms with Crippen molar-refractivity contribution in [3.05, 3.63) is 11.9 Å². The molecule has 1 aromatic heterocycles. The molecule has 86 valence electrons. The van der Waals surface area contributed by atoms with Gasteiger partial charge in [-0.25, -0.2) is 4.98 Å². The molecule has 0 spiro atoms. The van der Waals surface area contributed by atoms with E-state index >= 15 is 0 Å². The minimum Gasteiger partial charge on any atom is -0.356 e. The summed E-state index contributed by atoms with van der Waals surface area (Å²) in [5.74, 6) is 2.30. The quantitative estimate of drug-likeness (QED) is 0.802. The van der Waals surface area contributed by atoms with Crippen molar-refractivity contribution in [2.24, 2.45) is 0 Å². The number of nitrogens with one attached hydrogen (secondary N) is 1. The summed E-state index contributed by atoms with van der Waals surface area (Å²) in [5, 5.41) is 3.19. The van der Waals surface area contributed by atoms with Crippen LogP contribution >= 0.6 is 0 Å². The first-order valence-corrected chi connectivity index (χ1v) is 6.78. The number of aryl methyl sites for hydroxylation is 2. The fraction of sp³-hybridized carbons (Fsp3) is 0.700. The molecule has 5 heteroatoms. The lowest BCUT2D eigenvalue weighted by atomic mass is 10.6. The Bertz CT molecular complexity index is 335. The molecule has 0 radical (unpaired) electrons. The largest absolute Gasteiger partial charge is 0.356 e. The zero-order chi connectivity index (χ0) is 11.3. The summed E-state index contributed by atoms with van der Waals surface area (Å²) in [6.45, 7) is 7.57. The third-order valence-electron chi connectivity index (χ3n) is 2.11. The molecule has 0 bridgehead atoms. The number of rotatable bonds is 6. The number of aromatic nitrogens is 2. The fourth-order valence-electron chi connectivity index (χ4n) is 1.36. The predicted octanol–water partition coefficient (Wildman–Crippen LogP) is 1.39. The van der Waals surface area contributed by atoms with Gasteiger partial charge in [0, 0.05) is 41.6 Å². The van der Waals surface area contributed by atoms with Crippen molar-refractivity contribution in [1.82, 2.24) is 9.55 Å². The topological polar surface area (TPSA) is 46.9 Å². The van der Waals surface area contributed by atoms with Gasteiger partial charge in [-0.05, 0) is 13.8 Å². The normalized spacial score (nSPS) is 12.7. The Balaban J connectivity index is 2.62. The number of hydrogen-bond donors (Lipinski definition) is 1. The van der Waals surface area contributed by atoms with E-state index in [4.69, 9.17) is 0 Å². The summed E-state index contributed by atoms with van der Waals surface area (Å²) >= 11 is 0. The Hall–Kier alpha value is -0.840. The van der Waals surface area contributed by atoms with Gasteiger partial charge >= 0.3 is 0 Å². The van der Waals surface area contributed by atoms with Crippen LogP contribution in [0, 0.1) is 6.92 Å². The van der Waals surface area contributed by atoms with E-state index in [0.29, 0.717) is 5.75 Å². The Labute approximate surface area is 93.5 Å².